The van der Waals surface area contributed by atoms with Crippen molar-refractivity contribution in [2.24, 2.45) is 5.92 Å². The summed E-state index contributed by atoms with van der Waals surface area (Å²) in [4.78, 5) is 19.4. The van der Waals surface area contributed by atoms with Gasteiger partial charge in [0.2, 0.25) is 5.78 Å². The first-order valence-electron chi connectivity index (χ1n) is 7.22. The Morgan fingerprint density at radius 2 is 2.25 bits per heavy atom. The van der Waals surface area contributed by atoms with Crippen molar-refractivity contribution in [1.82, 2.24) is 9.88 Å². The van der Waals surface area contributed by atoms with Crippen LogP contribution in [-0.2, 0) is 0 Å². The molecule has 0 bridgehead atoms. The molecule has 4 heteroatoms. The molecule has 2 unspecified atom stereocenters. The second-order valence-electron chi connectivity index (χ2n) is 6.01. The number of rotatable bonds is 4. The van der Waals surface area contributed by atoms with Gasteiger partial charge in [0, 0.05) is 6.20 Å². The molecular weight excluding hydrogens is 252 g/mol. The highest BCUT2D eigenvalue weighted by molar-refractivity contribution is 6.03. The predicted octanol–water partition coefficient (Wildman–Crippen LogP) is 2.78. The van der Waals surface area contributed by atoms with Crippen LogP contribution < -0.4 is 4.74 Å². The third-order valence-corrected chi connectivity index (χ3v) is 4.46. The molecule has 2 atom stereocenters. The largest absolute Gasteiger partial charge is 0.494 e. The molecule has 0 aromatic carbocycles. The number of hydrogen-bond acceptors (Lipinski definition) is 4. The SMILES string of the molecule is COc1cccnc1C(=O)C1(N(C)C)CCCC(C)C1. The highest BCUT2D eigenvalue weighted by atomic mass is 16.5. The fourth-order valence-corrected chi connectivity index (χ4v) is 3.29. The molecule has 0 N–H and O–H groups in total. The number of nitrogens with zero attached hydrogens (tertiary/aromatic N) is 2. The highest BCUT2D eigenvalue weighted by Crippen LogP contribution is 2.39. The number of ketones is 1. The van der Waals surface area contributed by atoms with Crippen LogP contribution in [-0.4, -0.2) is 42.4 Å². The summed E-state index contributed by atoms with van der Waals surface area (Å²) < 4.78 is 5.31. The lowest BCUT2D eigenvalue weighted by molar-refractivity contribution is 0.0478. The van der Waals surface area contributed by atoms with E-state index in [4.69, 9.17) is 4.74 Å². The van der Waals surface area contributed by atoms with Crippen LogP contribution in [0.1, 0.15) is 43.1 Å². The first-order valence-corrected chi connectivity index (χ1v) is 7.22. The molecular formula is C16H24N2O2. The Labute approximate surface area is 121 Å². The molecule has 110 valence electrons. The number of aromatic nitrogens is 1. The molecule has 1 aliphatic rings. The summed E-state index contributed by atoms with van der Waals surface area (Å²) in [5.41, 5.74) is 0.0112. The third-order valence-electron chi connectivity index (χ3n) is 4.46. The minimum atomic E-state index is -0.445. The maximum Gasteiger partial charge on any atom is 0.205 e. The van der Waals surface area contributed by atoms with Gasteiger partial charge in [-0.05, 0) is 45.0 Å². The van der Waals surface area contributed by atoms with Gasteiger partial charge in [-0.2, -0.15) is 0 Å². The maximum atomic E-state index is 13.1. The summed E-state index contributed by atoms with van der Waals surface area (Å²) in [6, 6.07) is 3.59. The molecule has 1 heterocycles. The molecule has 1 aromatic rings. The molecule has 1 saturated carbocycles. The fraction of sp³-hybridized carbons (Fsp3) is 0.625. The lowest BCUT2D eigenvalue weighted by atomic mass is 9.72. The van der Waals surface area contributed by atoms with Crippen LogP contribution >= 0.6 is 0 Å². The summed E-state index contributed by atoms with van der Waals surface area (Å²) in [7, 11) is 5.57. The molecule has 4 nitrogen and oxygen atoms in total. The van der Waals surface area contributed by atoms with E-state index in [0.29, 0.717) is 17.4 Å². The van der Waals surface area contributed by atoms with E-state index in [1.54, 1.807) is 25.4 Å². The second kappa shape index (κ2) is 5.92. The number of carbonyl (C=O) groups excluding carboxylic acids is 1. The first-order chi connectivity index (χ1) is 9.51. The number of hydrogen-bond donors (Lipinski definition) is 0. The van der Waals surface area contributed by atoms with Gasteiger partial charge in [-0.1, -0.05) is 19.8 Å². The number of carbonyl (C=O) groups is 1. The van der Waals surface area contributed by atoms with E-state index >= 15 is 0 Å². The number of pyridine rings is 1. The van der Waals surface area contributed by atoms with Gasteiger partial charge in [-0.15, -0.1) is 0 Å². The average molecular weight is 276 g/mol. The summed E-state index contributed by atoms with van der Waals surface area (Å²) in [6.45, 7) is 2.22. The molecule has 2 rings (SSSR count). The Balaban J connectivity index is 2.41. The fourth-order valence-electron chi connectivity index (χ4n) is 3.29. The lowest BCUT2D eigenvalue weighted by Crippen LogP contribution is -2.54. The zero-order chi connectivity index (χ0) is 14.8. The predicted molar refractivity (Wildman–Crippen MR) is 79.2 cm³/mol. The maximum absolute atomic E-state index is 13.1. The summed E-state index contributed by atoms with van der Waals surface area (Å²) in [5, 5.41) is 0. The number of likely N-dealkylation sites (N-methyl/N-ethyl adjacent to an activating group) is 1. The topological polar surface area (TPSA) is 42.4 Å². The Kier molecular flexibility index (Phi) is 4.43. The monoisotopic (exact) mass is 276 g/mol. The van der Waals surface area contributed by atoms with E-state index in [2.05, 4.69) is 16.8 Å². The van der Waals surface area contributed by atoms with E-state index in [-0.39, 0.29) is 5.78 Å². The summed E-state index contributed by atoms with van der Waals surface area (Å²) in [5.74, 6) is 1.22. The zero-order valence-electron chi connectivity index (χ0n) is 12.8. The lowest BCUT2D eigenvalue weighted by Gasteiger charge is -2.43. The van der Waals surface area contributed by atoms with E-state index in [1.165, 1.54) is 6.42 Å². The van der Waals surface area contributed by atoms with Gasteiger partial charge < -0.3 is 4.74 Å². The van der Waals surface area contributed by atoms with E-state index in [0.717, 1.165) is 19.3 Å². The van der Waals surface area contributed by atoms with Crippen LogP contribution in [0.15, 0.2) is 18.3 Å². The van der Waals surface area contributed by atoms with Crippen molar-refractivity contribution in [2.75, 3.05) is 21.2 Å². The van der Waals surface area contributed by atoms with Gasteiger partial charge in [0.25, 0.3) is 0 Å². The third kappa shape index (κ3) is 2.57. The van der Waals surface area contributed by atoms with Crippen molar-refractivity contribution >= 4 is 5.78 Å². The second-order valence-corrected chi connectivity index (χ2v) is 6.01. The molecule has 1 aromatic heterocycles. The molecule has 1 aliphatic carbocycles. The van der Waals surface area contributed by atoms with Gasteiger partial charge in [-0.3, -0.25) is 9.69 Å². The minimum Gasteiger partial charge on any atom is -0.494 e. The standard InChI is InChI=1S/C16H24N2O2/c1-12-7-5-9-16(11-12,18(2)3)15(19)14-13(20-4)8-6-10-17-14/h6,8,10,12H,5,7,9,11H2,1-4H3. The van der Waals surface area contributed by atoms with Crippen LogP contribution in [0.3, 0.4) is 0 Å². The van der Waals surface area contributed by atoms with E-state index in [9.17, 15) is 4.79 Å². The smallest absolute Gasteiger partial charge is 0.205 e. The average Bonchev–Trinajstić information content (AvgIpc) is 2.46. The van der Waals surface area contributed by atoms with E-state index in [1.807, 2.05) is 14.1 Å². The van der Waals surface area contributed by atoms with Crippen molar-refractivity contribution in [2.45, 2.75) is 38.1 Å². The Bertz CT molecular complexity index is 487. The number of methoxy groups -OCH3 is 1. The van der Waals surface area contributed by atoms with Crippen LogP contribution in [0, 0.1) is 5.92 Å². The molecule has 0 saturated heterocycles. The summed E-state index contributed by atoms with van der Waals surface area (Å²) >= 11 is 0. The normalized spacial score (nSPS) is 26.6. The molecule has 20 heavy (non-hydrogen) atoms. The van der Waals surface area contributed by atoms with Gasteiger partial charge >= 0.3 is 0 Å². The van der Waals surface area contributed by atoms with Crippen LogP contribution in [0.25, 0.3) is 0 Å². The van der Waals surface area contributed by atoms with Crippen LogP contribution in [0.5, 0.6) is 5.75 Å². The van der Waals surface area contributed by atoms with Gasteiger partial charge in [-0.25, -0.2) is 4.98 Å². The van der Waals surface area contributed by atoms with Gasteiger partial charge in [0.15, 0.2) is 0 Å². The van der Waals surface area contributed by atoms with Crippen molar-refractivity contribution in [3.63, 3.8) is 0 Å². The van der Waals surface area contributed by atoms with Gasteiger partial charge in [0.05, 0.1) is 12.6 Å². The summed E-state index contributed by atoms with van der Waals surface area (Å²) in [6.07, 6.45) is 5.72. The Morgan fingerprint density at radius 1 is 1.50 bits per heavy atom. The minimum absolute atomic E-state index is 0.0894. The Morgan fingerprint density at radius 3 is 2.85 bits per heavy atom. The molecule has 0 aliphatic heterocycles. The molecule has 0 spiro atoms. The first kappa shape index (κ1) is 15.0. The Hall–Kier alpha value is -1.42. The highest BCUT2D eigenvalue weighted by Gasteiger charge is 2.45. The van der Waals surface area contributed by atoms with Crippen molar-refractivity contribution in [1.29, 1.82) is 0 Å². The molecule has 0 radical (unpaired) electrons. The van der Waals surface area contributed by atoms with Crippen LogP contribution in [0.4, 0.5) is 0 Å². The number of Topliss-reactive ketones (excluding diaryl/α,β-unsaturated/α-hetero) is 1. The van der Waals surface area contributed by atoms with E-state index < -0.39 is 5.54 Å². The molecule has 0 amide bonds. The quantitative estimate of drug-likeness (QED) is 0.793. The van der Waals surface area contributed by atoms with Crippen LogP contribution in [0.2, 0.25) is 0 Å². The van der Waals surface area contributed by atoms with Crippen molar-refractivity contribution < 1.29 is 9.53 Å². The van der Waals surface area contributed by atoms with Crippen molar-refractivity contribution in [3.8, 4) is 5.75 Å². The van der Waals surface area contributed by atoms with Crippen molar-refractivity contribution in [3.05, 3.63) is 24.0 Å². The number of ether oxygens (including phenoxy) is 1. The van der Waals surface area contributed by atoms with Gasteiger partial charge in [0.1, 0.15) is 11.4 Å². The zero-order valence-corrected chi connectivity index (χ0v) is 12.8. The molecule has 1 fully saturated rings.